The predicted octanol–water partition coefficient (Wildman–Crippen LogP) is 3.50. The van der Waals surface area contributed by atoms with Gasteiger partial charge in [0.2, 0.25) is 0 Å². The number of hydrogen-bond donors (Lipinski definition) is 1. The summed E-state index contributed by atoms with van der Waals surface area (Å²) in [6.07, 6.45) is 5.48. The summed E-state index contributed by atoms with van der Waals surface area (Å²) in [5, 5.41) is 7.88. The van der Waals surface area contributed by atoms with Gasteiger partial charge in [0.05, 0.1) is 10.6 Å². The van der Waals surface area contributed by atoms with Crippen LogP contribution < -0.4 is 5.32 Å². The topological polar surface area (TPSA) is 37.8 Å². The molecule has 0 amide bonds. The van der Waals surface area contributed by atoms with Crippen LogP contribution in [0.1, 0.15) is 69.0 Å². The van der Waals surface area contributed by atoms with Gasteiger partial charge in [-0.1, -0.05) is 38.1 Å². The van der Waals surface area contributed by atoms with Crippen molar-refractivity contribution in [2.75, 3.05) is 6.54 Å². The monoisotopic (exact) mass is 253 g/mol. The molecule has 1 aliphatic rings. The van der Waals surface area contributed by atoms with Crippen molar-refractivity contribution in [1.82, 2.24) is 14.9 Å². The third kappa shape index (κ3) is 3.49. The van der Waals surface area contributed by atoms with E-state index < -0.39 is 0 Å². The first-order valence-corrected chi connectivity index (χ1v) is 7.55. The summed E-state index contributed by atoms with van der Waals surface area (Å²) in [4.78, 5) is 1.36. The fraction of sp³-hybridized carbons (Fsp3) is 0.846. The molecule has 96 valence electrons. The molecule has 0 aliphatic heterocycles. The van der Waals surface area contributed by atoms with E-state index in [4.69, 9.17) is 0 Å². The Bertz CT molecular complexity index is 344. The summed E-state index contributed by atoms with van der Waals surface area (Å²) >= 11 is 1.57. The van der Waals surface area contributed by atoms with Gasteiger partial charge in [-0.3, -0.25) is 0 Å². The molecule has 0 spiro atoms. The van der Waals surface area contributed by atoms with Crippen molar-refractivity contribution in [2.45, 2.75) is 58.4 Å². The first kappa shape index (κ1) is 13.0. The van der Waals surface area contributed by atoms with Crippen LogP contribution >= 0.6 is 11.5 Å². The van der Waals surface area contributed by atoms with Gasteiger partial charge in [0.1, 0.15) is 0 Å². The summed E-state index contributed by atoms with van der Waals surface area (Å²) in [7, 11) is 0. The highest BCUT2D eigenvalue weighted by molar-refractivity contribution is 7.05. The standard InChI is InChI=1S/C13H23N3S/c1-4-14-11(8-7-10-5-6-10)13-12(9(2)3)15-16-17-13/h9-11,14H,4-8H2,1-3H3. The van der Waals surface area contributed by atoms with Crippen LogP contribution in [0.15, 0.2) is 0 Å². The molecule has 1 aromatic rings. The van der Waals surface area contributed by atoms with Gasteiger partial charge in [0.25, 0.3) is 0 Å². The molecule has 1 aliphatic carbocycles. The van der Waals surface area contributed by atoms with Crippen LogP contribution in [0.3, 0.4) is 0 Å². The second kappa shape index (κ2) is 5.91. The van der Waals surface area contributed by atoms with E-state index in [1.807, 2.05) is 0 Å². The van der Waals surface area contributed by atoms with E-state index in [1.165, 1.54) is 36.3 Å². The third-order valence-corrected chi connectivity index (χ3v) is 4.27. The first-order chi connectivity index (χ1) is 8.22. The van der Waals surface area contributed by atoms with Crippen LogP contribution in [0.4, 0.5) is 0 Å². The molecule has 0 aromatic carbocycles. The average molecular weight is 253 g/mol. The SMILES string of the molecule is CCNC(CCC1CC1)c1snnc1C(C)C. The van der Waals surface area contributed by atoms with Gasteiger partial charge in [-0.15, -0.1) is 5.10 Å². The van der Waals surface area contributed by atoms with Crippen LogP contribution in [-0.2, 0) is 0 Å². The molecule has 1 aromatic heterocycles. The molecule has 0 bridgehead atoms. The number of hydrogen-bond acceptors (Lipinski definition) is 4. The molecule has 1 N–H and O–H groups in total. The minimum Gasteiger partial charge on any atom is -0.309 e. The van der Waals surface area contributed by atoms with Gasteiger partial charge in [-0.2, -0.15) is 0 Å². The highest BCUT2D eigenvalue weighted by atomic mass is 32.1. The van der Waals surface area contributed by atoms with Crippen molar-refractivity contribution in [3.05, 3.63) is 10.6 Å². The van der Waals surface area contributed by atoms with E-state index >= 15 is 0 Å². The van der Waals surface area contributed by atoms with Gasteiger partial charge < -0.3 is 5.32 Å². The Hall–Kier alpha value is -0.480. The van der Waals surface area contributed by atoms with Crippen molar-refractivity contribution in [3.63, 3.8) is 0 Å². The number of rotatable bonds is 7. The van der Waals surface area contributed by atoms with E-state index in [0.717, 1.165) is 12.5 Å². The van der Waals surface area contributed by atoms with Crippen molar-refractivity contribution in [3.8, 4) is 0 Å². The Morgan fingerprint density at radius 2 is 2.18 bits per heavy atom. The normalized spacial score (nSPS) is 17.6. The molecule has 1 saturated carbocycles. The number of nitrogens with one attached hydrogen (secondary N) is 1. The van der Waals surface area contributed by atoms with E-state index in [2.05, 4.69) is 35.7 Å². The smallest absolute Gasteiger partial charge is 0.0829 e. The zero-order valence-electron chi connectivity index (χ0n) is 11.1. The van der Waals surface area contributed by atoms with Crippen molar-refractivity contribution < 1.29 is 0 Å². The lowest BCUT2D eigenvalue weighted by molar-refractivity contribution is 0.482. The fourth-order valence-electron chi connectivity index (χ4n) is 2.23. The molecule has 1 atom stereocenters. The summed E-state index contributed by atoms with van der Waals surface area (Å²) in [6, 6.07) is 0.470. The molecule has 3 nitrogen and oxygen atoms in total. The Labute approximate surface area is 108 Å². The fourth-order valence-corrected chi connectivity index (χ4v) is 3.14. The van der Waals surface area contributed by atoms with Gasteiger partial charge in [-0.25, -0.2) is 0 Å². The maximum Gasteiger partial charge on any atom is 0.0829 e. The Kier molecular flexibility index (Phi) is 4.51. The second-order valence-electron chi connectivity index (χ2n) is 5.31. The van der Waals surface area contributed by atoms with Gasteiger partial charge in [0.15, 0.2) is 0 Å². The van der Waals surface area contributed by atoms with Crippen LogP contribution in [-0.4, -0.2) is 16.1 Å². The van der Waals surface area contributed by atoms with Crippen LogP contribution in [0.2, 0.25) is 0 Å². The van der Waals surface area contributed by atoms with Gasteiger partial charge >= 0.3 is 0 Å². The molecule has 4 heteroatoms. The highest BCUT2D eigenvalue weighted by Gasteiger charge is 2.25. The van der Waals surface area contributed by atoms with Crippen LogP contribution in [0, 0.1) is 5.92 Å². The minimum absolute atomic E-state index is 0.470. The zero-order chi connectivity index (χ0) is 12.3. The van der Waals surface area contributed by atoms with Crippen molar-refractivity contribution in [1.29, 1.82) is 0 Å². The van der Waals surface area contributed by atoms with E-state index in [9.17, 15) is 0 Å². The summed E-state index contributed by atoms with van der Waals surface area (Å²) in [5.74, 6) is 1.48. The van der Waals surface area contributed by atoms with Crippen molar-refractivity contribution >= 4 is 11.5 Å². The molecule has 2 rings (SSSR count). The van der Waals surface area contributed by atoms with Gasteiger partial charge in [0, 0.05) is 6.04 Å². The molecular weight excluding hydrogens is 230 g/mol. The quantitative estimate of drug-likeness (QED) is 0.808. The molecule has 1 heterocycles. The molecule has 0 saturated heterocycles. The Morgan fingerprint density at radius 3 is 2.76 bits per heavy atom. The van der Waals surface area contributed by atoms with Gasteiger partial charge in [-0.05, 0) is 42.8 Å². The molecule has 1 fully saturated rings. The van der Waals surface area contributed by atoms with Crippen LogP contribution in [0.5, 0.6) is 0 Å². The third-order valence-electron chi connectivity index (χ3n) is 3.41. The number of aromatic nitrogens is 2. The lowest BCUT2D eigenvalue weighted by Gasteiger charge is -2.17. The predicted molar refractivity (Wildman–Crippen MR) is 72.4 cm³/mol. The maximum absolute atomic E-state index is 4.29. The largest absolute Gasteiger partial charge is 0.309 e. The van der Waals surface area contributed by atoms with Crippen molar-refractivity contribution in [2.24, 2.45) is 5.92 Å². The molecule has 0 radical (unpaired) electrons. The zero-order valence-corrected chi connectivity index (χ0v) is 11.9. The highest BCUT2D eigenvalue weighted by Crippen LogP contribution is 2.37. The average Bonchev–Trinajstić information content (AvgIpc) is 2.98. The summed E-state index contributed by atoms with van der Waals surface area (Å²) in [5.41, 5.74) is 1.19. The lowest BCUT2D eigenvalue weighted by atomic mass is 10.0. The maximum atomic E-state index is 4.29. The lowest BCUT2D eigenvalue weighted by Crippen LogP contribution is -2.21. The van der Waals surface area contributed by atoms with E-state index in [1.54, 1.807) is 11.5 Å². The first-order valence-electron chi connectivity index (χ1n) is 6.77. The second-order valence-corrected chi connectivity index (χ2v) is 6.09. The molecule has 1 unspecified atom stereocenters. The van der Waals surface area contributed by atoms with E-state index in [-0.39, 0.29) is 0 Å². The summed E-state index contributed by atoms with van der Waals surface area (Å²) in [6.45, 7) is 7.59. The Morgan fingerprint density at radius 1 is 1.41 bits per heavy atom. The van der Waals surface area contributed by atoms with E-state index in [0.29, 0.717) is 12.0 Å². The summed E-state index contributed by atoms with van der Waals surface area (Å²) < 4.78 is 4.14. The minimum atomic E-state index is 0.470. The molecular formula is C13H23N3S. The molecule has 17 heavy (non-hydrogen) atoms. The van der Waals surface area contributed by atoms with Crippen LogP contribution in [0.25, 0.3) is 0 Å². The Balaban J connectivity index is 2.03. The number of nitrogens with zero attached hydrogens (tertiary/aromatic N) is 2.